The number of hydrogen-bond donors (Lipinski definition) is 1. The van der Waals surface area contributed by atoms with Gasteiger partial charge in [0.05, 0.1) is 32.8 Å². The number of esters is 1. The Morgan fingerprint density at radius 2 is 2.21 bits per heavy atom. The van der Waals surface area contributed by atoms with Crippen molar-refractivity contribution in [3.05, 3.63) is 16.1 Å². The van der Waals surface area contributed by atoms with Crippen molar-refractivity contribution in [1.29, 1.82) is 0 Å². The minimum Gasteiger partial charge on any atom is -0.469 e. The number of carbonyl (C=O) groups is 2. The number of thiazole rings is 1. The molecule has 0 aromatic carbocycles. The molecule has 0 unspecified atom stereocenters. The molecule has 1 aliphatic heterocycles. The zero-order chi connectivity index (χ0) is 17.7. The summed E-state index contributed by atoms with van der Waals surface area (Å²) in [4.78, 5) is 29.7. The molecule has 1 amide bonds. The maximum atomic E-state index is 11.7. The first-order valence-corrected chi connectivity index (χ1v) is 8.32. The van der Waals surface area contributed by atoms with Gasteiger partial charge in [-0.2, -0.15) is 0 Å². The Morgan fingerprint density at radius 3 is 2.79 bits per heavy atom. The third-order valence-corrected chi connectivity index (χ3v) is 5.42. The fourth-order valence-corrected chi connectivity index (χ4v) is 4.06. The second-order valence-electron chi connectivity index (χ2n) is 5.63. The molecule has 1 saturated heterocycles. The number of aryl methyl sites for hydroxylation is 1. The lowest BCUT2D eigenvalue weighted by molar-refractivity contribution is -0.140. The zero-order valence-electron chi connectivity index (χ0n) is 14.0. The van der Waals surface area contributed by atoms with Crippen LogP contribution in [-0.4, -0.2) is 67.6 Å². The normalized spacial score (nSPS) is 23.5. The van der Waals surface area contributed by atoms with E-state index in [1.165, 1.54) is 30.5 Å². The molecule has 2 atom stereocenters. The Hall–Kier alpha value is -1.71. The molecule has 9 heteroatoms. The lowest BCUT2D eigenvalue weighted by Crippen LogP contribution is -2.47. The lowest BCUT2D eigenvalue weighted by atomic mass is 9.97. The van der Waals surface area contributed by atoms with Crippen molar-refractivity contribution in [3.8, 4) is 0 Å². The third-order valence-electron chi connectivity index (χ3n) is 4.17. The Kier molecular flexibility index (Phi) is 6.14. The second kappa shape index (κ2) is 7.91. The van der Waals surface area contributed by atoms with Gasteiger partial charge in [-0.25, -0.2) is 9.78 Å². The van der Waals surface area contributed by atoms with Crippen molar-refractivity contribution in [2.75, 3.05) is 34.5 Å². The van der Waals surface area contributed by atoms with E-state index < -0.39 is 11.6 Å². The molecular weight excluding hydrogens is 336 g/mol. The highest BCUT2D eigenvalue weighted by atomic mass is 32.1. The van der Waals surface area contributed by atoms with Crippen LogP contribution in [0.5, 0.6) is 0 Å². The lowest BCUT2D eigenvalue weighted by Gasteiger charge is -2.33. The molecule has 0 bridgehead atoms. The van der Waals surface area contributed by atoms with Crippen LogP contribution in [0.15, 0.2) is 6.20 Å². The summed E-state index contributed by atoms with van der Waals surface area (Å²) in [5.74, 6) is -0.288. The molecule has 0 saturated carbocycles. The summed E-state index contributed by atoms with van der Waals surface area (Å²) in [7, 11) is 4.45. The van der Waals surface area contributed by atoms with Gasteiger partial charge in [-0.1, -0.05) is 0 Å². The van der Waals surface area contributed by atoms with Crippen LogP contribution in [-0.2, 0) is 31.0 Å². The highest BCUT2D eigenvalue weighted by molar-refractivity contribution is 7.11. The average Bonchev–Trinajstić information content (AvgIpc) is 3.18. The van der Waals surface area contributed by atoms with Crippen LogP contribution < -0.4 is 0 Å². The van der Waals surface area contributed by atoms with Gasteiger partial charge in [0.15, 0.2) is 0 Å². The molecule has 2 heterocycles. The molecule has 24 heavy (non-hydrogen) atoms. The second-order valence-corrected chi connectivity index (χ2v) is 6.74. The van der Waals surface area contributed by atoms with Gasteiger partial charge in [0.2, 0.25) is 0 Å². The van der Waals surface area contributed by atoms with E-state index in [1.807, 2.05) is 0 Å². The Morgan fingerprint density at radius 1 is 1.46 bits per heavy atom. The number of hydrogen-bond acceptors (Lipinski definition) is 7. The molecule has 1 fully saturated rings. The fraction of sp³-hybridized carbons (Fsp3) is 0.667. The highest BCUT2D eigenvalue weighted by Crippen LogP contribution is 2.42. The summed E-state index contributed by atoms with van der Waals surface area (Å²) in [5.41, 5.74) is -0.866. The van der Waals surface area contributed by atoms with Gasteiger partial charge < -0.3 is 19.3 Å². The van der Waals surface area contributed by atoms with E-state index in [2.05, 4.69) is 9.72 Å². The van der Waals surface area contributed by atoms with Gasteiger partial charge in [-0.05, 0) is 6.42 Å². The van der Waals surface area contributed by atoms with Gasteiger partial charge in [0.25, 0.3) is 0 Å². The largest absolute Gasteiger partial charge is 0.469 e. The minimum atomic E-state index is -1.03. The topological polar surface area (TPSA) is 98.2 Å². The van der Waals surface area contributed by atoms with Crippen LogP contribution in [0.2, 0.25) is 0 Å². The molecule has 1 aliphatic rings. The predicted molar refractivity (Wildman–Crippen MR) is 86.1 cm³/mol. The van der Waals surface area contributed by atoms with E-state index in [0.29, 0.717) is 17.8 Å². The summed E-state index contributed by atoms with van der Waals surface area (Å²) in [5, 5.41) is 10.3. The van der Waals surface area contributed by atoms with Crippen LogP contribution in [0.25, 0.3) is 0 Å². The van der Waals surface area contributed by atoms with Crippen molar-refractivity contribution in [3.63, 3.8) is 0 Å². The number of rotatable bonds is 7. The number of carbonyl (C=O) groups excluding carboxylic acids is 1. The zero-order valence-corrected chi connectivity index (χ0v) is 14.8. The Labute approximate surface area is 144 Å². The molecule has 8 nitrogen and oxygen atoms in total. The highest BCUT2D eigenvalue weighted by Gasteiger charge is 2.51. The van der Waals surface area contributed by atoms with Crippen molar-refractivity contribution < 1.29 is 28.9 Å². The van der Waals surface area contributed by atoms with Gasteiger partial charge in [-0.15, -0.1) is 11.3 Å². The Bertz CT molecular complexity index is 592. The van der Waals surface area contributed by atoms with Gasteiger partial charge in [0, 0.05) is 31.7 Å². The molecule has 1 aromatic rings. The number of carboxylic acid groups (broad SMARTS) is 1. The van der Waals surface area contributed by atoms with E-state index in [9.17, 15) is 14.7 Å². The summed E-state index contributed by atoms with van der Waals surface area (Å²) >= 11 is 1.40. The van der Waals surface area contributed by atoms with Crippen LogP contribution in [0.3, 0.4) is 0 Å². The van der Waals surface area contributed by atoms with Crippen LogP contribution in [0, 0.1) is 0 Å². The number of likely N-dealkylation sites (tertiary alicyclic amines) is 1. The maximum absolute atomic E-state index is 11.7. The first kappa shape index (κ1) is 18.6. The minimum absolute atomic E-state index is 0.198. The van der Waals surface area contributed by atoms with E-state index in [4.69, 9.17) is 9.47 Å². The number of methoxy groups -OCH3 is 3. The molecule has 134 valence electrons. The fourth-order valence-electron chi connectivity index (χ4n) is 2.95. The molecular formula is C15H22N2O6S. The van der Waals surface area contributed by atoms with Gasteiger partial charge in [-0.3, -0.25) is 9.69 Å². The molecule has 0 radical (unpaired) electrons. The molecule has 0 aliphatic carbocycles. The number of ether oxygens (including phenoxy) is 3. The monoisotopic (exact) mass is 358 g/mol. The van der Waals surface area contributed by atoms with Gasteiger partial charge in [0.1, 0.15) is 10.5 Å². The van der Waals surface area contributed by atoms with Crippen molar-refractivity contribution >= 4 is 23.4 Å². The summed E-state index contributed by atoms with van der Waals surface area (Å²) < 4.78 is 15.3. The molecule has 2 rings (SSSR count). The molecule has 1 aromatic heterocycles. The van der Waals surface area contributed by atoms with Crippen molar-refractivity contribution in [2.45, 2.75) is 30.9 Å². The van der Waals surface area contributed by atoms with Crippen molar-refractivity contribution in [1.82, 2.24) is 9.88 Å². The number of nitrogens with zero attached hydrogens (tertiary/aromatic N) is 2. The predicted octanol–water partition coefficient (Wildman–Crippen LogP) is 1.49. The number of amides is 1. The Balaban J connectivity index is 2.27. The quantitative estimate of drug-likeness (QED) is 0.737. The third kappa shape index (κ3) is 3.68. The summed E-state index contributed by atoms with van der Waals surface area (Å²) in [6, 6.07) is 0. The molecule has 0 spiro atoms. The first-order chi connectivity index (χ1) is 11.5. The van der Waals surface area contributed by atoms with E-state index in [0.717, 1.165) is 4.88 Å². The average molecular weight is 358 g/mol. The van der Waals surface area contributed by atoms with Crippen LogP contribution in [0.1, 0.15) is 22.7 Å². The van der Waals surface area contributed by atoms with E-state index in [-0.39, 0.29) is 31.6 Å². The van der Waals surface area contributed by atoms with Crippen molar-refractivity contribution in [2.24, 2.45) is 0 Å². The first-order valence-electron chi connectivity index (χ1n) is 7.51. The maximum Gasteiger partial charge on any atom is 0.408 e. The molecule has 1 N–H and O–H groups in total. The van der Waals surface area contributed by atoms with Crippen LogP contribution >= 0.6 is 11.3 Å². The standard InChI is InChI=1S/C15H22N2O6S/c1-21-9-15(6-10(22-2)8-17(15)14(19)20)13-16-7-11(24-13)4-5-12(18)23-3/h7,10H,4-6,8-9H2,1-3H3,(H,19,20)/t10-,15+/m0/s1. The van der Waals surface area contributed by atoms with Gasteiger partial charge >= 0.3 is 12.1 Å². The van der Waals surface area contributed by atoms with E-state index >= 15 is 0 Å². The summed E-state index contributed by atoms with van der Waals surface area (Å²) in [6.07, 6.45) is 1.69. The number of aromatic nitrogens is 1. The summed E-state index contributed by atoms with van der Waals surface area (Å²) in [6.45, 7) is 0.468. The smallest absolute Gasteiger partial charge is 0.408 e. The van der Waals surface area contributed by atoms with Crippen LogP contribution in [0.4, 0.5) is 4.79 Å². The van der Waals surface area contributed by atoms with E-state index in [1.54, 1.807) is 13.3 Å². The SMILES string of the molecule is COC[C@@]1(c2ncc(CCC(=O)OC)s2)C[C@H](OC)CN1C(=O)O.